The number of hydrogen-bond acceptors (Lipinski definition) is 2. The summed E-state index contributed by atoms with van der Waals surface area (Å²) >= 11 is 0. The van der Waals surface area contributed by atoms with Gasteiger partial charge in [0.2, 0.25) is 0 Å². The van der Waals surface area contributed by atoms with Crippen molar-refractivity contribution in [3.8, 4) is 0 Å². The Balaban J connectivity index is 2.11. The molecule has 0 saturated carbocycles. The third kappa shape index (κ3) is 2.92. The molecule has 0 aliphatic heterocycles. The quantitative estimate of drug-likeness (QED) is 0.477. The van der Waals surface area contributed by atoms with Gasteiger partial charge in [0.25, 0.3) is 5.91 Å². The number of rotatable bonds is 3. The van der Waals surface area contributed by atoms with E-state index in [-0.39, 0.29) is 5.91 Å². The van der Waals surface area contributed by atoms with E-state index in [1.54, 1.807) is 12.1 Å². The highest BCUT2D eigenvalue weighted by Crippen LogP contribution is 2.10. The molecule has 0 fully saturated rings. The molecular weight excluding hydrogens is 212 g/mol. The van der Waals surface area contributed by atoms with E-state index < -0.39 is 0 Å². The summed E-state index contributed by atoms with van der Waals surface area (Å²) in [6, 6.07) is 17.6. The number of hydrazine groups is 1. The first kappa shape index (κ1) is 11.4. The minimum absolute atomic E-state index is 0.267. The Kier molecular flexibility index (Phi) is 3.52. The molecule has 3 nitrogen and oxygen atoms in total. The zero-order valence-corrected chi connectivity index (χ0v) is 9.39. The van der Waals surface area contributed by atoms with Crippen LogP contribution in [0.15, 0.2) is 54.6 Å². The fourth-order valence-electron chi connectivity index (χ4n) is 1.69. The number of benzene rings is 2. The third-order valence-electron chi connectivity index (χ3n) is 2.60. The normalized spacial score (nSPS) is 9.94. The van der Waals surface area contributed by atoms with Crippen LogP contribution in [0.5, 0.6) is 0 Å². The van der Waals surface area contributed by atoms with Gasteiger partial charge in [-0.25, -0.2) is 5.84 Å². The molecule has 86 valence electrons. The van der Waals surface area contributed by atoms with E-state index in [1.807, 2.05) is 30.3 Å². The molecule has 0 aliphatic carbocycles. The van der Waals surface area contributed by atoms with Crippen LogP contribution in [0.2, 0.25) is 0 Å². The summed E-state index contributed by atoms with van der Waals surface area (Å²) in [5.41, 5.74) is 5.11. The first-order chi connectivity index (χ1) is 8.29. The van der Waals surface area contributed by atoms with Crippen LogP contribution >= 0.6 is 0 Å². The van der Waals surface area contributed by atoms with Gasteiger partial charge in [-0.1, -0.05) is 42.5 Å². The molecule has 0 aromatic heterocycles. The van der Waals surface area contributed by atoms with Crippen molar-refractivity contribution in [1.29, 1.82) is 0 Å². The van der Waals surface area contributed by atoms with Gasteiger partial charge in [-0.05, 0) is 29.7 Å². The fraction of sp³-hybridized carbons (Fsp3) is 0.0714. The molecule has 0 atom stereocenters. The summed E-state index contributed by atoms with van der Waals surface area (Å²) in [6.45, 7) is 0. The smallest absolute Gasteiger partial charge is 0.265 e. The second kappa shape index (κ2) is 5.27. The van der Waals surface area contributed by atoms with Crippen molar-refractivity contribution in [2.75, 3.05) is 0 Å². The topological polar surface area (TPSA) is 55.1 Å². The predicted octanol–water partition coefficient (Wildman–Crippen LogP) is 1.88. The van der Waals surface area contributed by atoms with Crippen LogP contribution in [-0.2, 0) is 6.42 Å². The van der Waals surface area contributed by atoms with Crippen LogP contribution in [0.3, 0.4) is 0 Å². The molecule has 2 aromatic carbocycles. The van der Waals surface area contributed by atoms with Crippen LogP contribution in [0, 0.1) is 0 Å². The van der Waals surface area contributed by atoms with E-state index in [2.05, 4.69) is 17.6 Å². The van der Waals surface area contributed by atoms with Crippen molar-refractivity contribution < 1.29 is 4.79 Å². The number of nitrogen functional groups attached to an aromatic ring is 1. The van der Waals surface area contributed by atoms with Gasteiger partial charge in [0.05, 0.1) is 0 Å². The van der Waals surface area contributed by atoms with Gasteiger partial charge >= 0.3 is 0 Å². The van der Waals surface area contributed by atoms with Crippen LogP contribution in [-0.4, -0.2) is 5.91 Å². The monoisotopic (exact) mass is 226 g/mol. The molecule has 3 heteroatoms. The second-order valence-electron chi connectivity index (χ2n) is 3.83. The number of carbonyl (C=O) groups is 1. The Bertz CT molecular complexity index is 491. The third-order valence-corrected chi connectivity index (χ3v) is 2.60. The van der Waals surface area contributed by atoms with E-state index in [4.69, 9.17) is 5.84 Å². The molecule has 0 unspecified atom stereocenters. The highest BCUT2D eigenvalue weighted by molar-refractivity contribution is 5.93. The van der Waals surface area contributed by atoms with E-state index in [0.29, 0.717) is 5.56 Å². The van der Waals surface area contributed by atoms with Gasteiger partial charge in [-0.2, -0.15) is 0 Å². The lowest BCUT2D eigenvalue weighted by Crippen LogP contribution is -2.29. The molecule has 17 heavy (non-hydrogen) atoms. The predicted molar refractivity (Wildman–Crippen MR) is 67.3 cm³/mol. The van der Waals surface area contributed by atoms with Crippen LogP contribution < -0.4 is 11.3 Å². The summed E-state index contributed by atoms with van der Waals surface area (Å²) in [6.07, 6.45) is 0.866. The molecular formula is C14H14N2O. The molecule has 0 saturated heterocycles. The molecule has 2 rings (SSSR count). The molecule has 0 aliphatic rings. The van der Waals surface area contributed by atoms with E-state index in [9.17, 15) is 4.79 Å². The highest BCUT2D eigenvalue weighted by Gasteiger charge is 2.02. The number of nitrogens with one attached hydrogen (secondary N) is 1. The van der Waals surface area contributed by atoms with Crippen molar-refractivity contribution in [3.05, 3.63) is 71.3 Å². The zero-order valence-electron chi connectivity index (χ0n) is 9.39. The van der Waals surface area contributed by atoms with Crippen LogP contribution in [0.4, 0.5) is 0 Å². The fourth-order valence-corrected chi connectivity index (χ4v) is 1.69. The Morgan fingerprint density at radius 2 is 1.53 bits per heavy atom. The number of hydrogen-bond donors (Lipinski definition) is 2. The zero-order chi connectivity index (χ0) is 12.1. The summed E-state index contributed by atoms with van der Waals surface area (Å²) in [7, 11) is 0. The highest BCUT2D eigenvalue weighted by atomic mass is 16.2. The Hall–Kier alpha value is -2.13. The average Bonchev–Trinajstić information content (AvgIpc) is 2.40. The Morgan fingerprint density at radius 3 is 2.12 bits per heavy atom. The lowest BCUT2D eigenvalue weighted by molar-refractivity contribution is 0.0953. The van der Waals surface area contributed by atoms with Crippen molar-refractivity contribution >= 4 is 5.91 Å². The maximum absolute atomic E-state index is 11.2. The van der Waals surface area contributed by atoms with Gasteiger partial charge in [-0.15, -0.1) is 0 Å². The SMILES string of the molecule is NNC(=O)c1ccc(Cc2ccccc2)cc1. The molecule has 1 amide bonds. The van der Waals surface area contributed by atoms with E-state index in [1.165, 1.54) is 11.1 Å². The van der Waals surface area contributed by atoms with Gasteiger partial charge < -0.3 is 0 Å². The van der Waals surface area contributed by atoms with E-state index >= 15 is 0 Å². The lowest BCUT2D eigenvalue weighted by atomic mass is 10.0. The summed E-state index contributed by atoms with van der Waals surface area (Å²) < 4.78 is 0. The standard InChI is InChI=1S/C14H14N2O/c15-16-14(17)13-8-6-12(7-9-13)10-11-4-2-1-3-5-11/h1-9H,10,15H2,(H,16,17). The Morgan fingerprint density at radius 1 is 0.941 bits per heavy atom. The lowest BCUT2D eigenvalue weighted by Gasteiger charge is -2.03. The molecule has 0 radical (unpaired) electrons. The number of nitrogens with two attached hydrogens (primary N) is 1. The van der Waals surface area contributed by atoms with Crippen molar-refractivity contribution in [1.82, 2.24) is 5.43 Å². The minimum atomic E-state index is -0.267. The maximum Gasteiger partial charge on any atom is 0.265 e. The summed E-state index contributed by atoms with van der Waals surface area (Å²) in [5, 5.41) is 0. The van der Waals surface area contributed by atoms with Crippen molar-refractivity contribution in [2.45, 2.75) is 6.42 Å². The number of amides is 1. The summed E-state index contributed by atoms with van der Waals surface area (Å²) in [5.74, 6) is 4.80. The minimum Gasteiger partial charge on any atom is -0.290 e. The van der Waals surface area contributed by atoms with E-state index in [0.717, 1.165) is 6.42 Å². The average molecular weight is 226 g/mol. The summed E-state index contributed by atoms with van der Waals surface area (Å²) in [4.78, 5) is 11.2. The van der Waals surface area contributed by atoms with Crippen molar-refractivity contribution in [2.24, 2.45) is 5.84 Å². The largest absolute Gasteiger partial charge is 0.290 e. The maximum atomic E-state index is 11.2. The first-order valence-electron chi connectivity index (χ1n) is 5.43. The van der Waals surface area contributed by atoms with Gasteiger partial charge in [0.1, 0.15) is 0 Å². The van der Waals surface area contributed by atoms with Gasteiger partial charge in [0.15, 0.2) is 0 Å². The van der Waals surface area contributed by atoms with Crippen molar-refractivity contribution in [3.63, 3.8) is 0 Å². The van der Waals surface area contributed by atoms with Gasteiger partial charge in [-0.3, -0.25) is 10.2 Å². The van der Waals surface area contributed by atoms with Crippen LogP contribution in [0.25, 0.3) is 0 Å². The second-order valence-corrected chi connectivity index (χ2v) is 3.83. The van der Waals surface area contributed by atoms with Crippen LogP contribution in [0.1, 0.15) is 21.5 Å². The first-order valence-corrected chi connectivity index (χ1v) is 5.43. The molecule has 3 N–H and O–H groups in total. The Labute approximate surface area is 100 Å². The molecule has 0 heterocycles. The number of carbonyl (C=O) groups excluding carboxylic acids is 1. The molecule has 0 bridgehead atoms. The molecule has 0 spiro atoms. The van der Waals surface area contributed by atoms with Gasteiger partial charge in [0, 0.05) is 5.56 Å². The molecule has 2 aromatic rings.